The smallest absolute Gasteiger partial charge is 0.224 e. The number of aryl methyl sites for hydroxylation is 1. The lowest BCUT2D eigenvalue weighted by Crippen LogP contribution is -2.42. The van der Waals surface area contributed by atoms with E-state index in [4.69, 9.17) is 10.5 Å². The molecule has 2 atom stereocenters. The molecule has 2 heterocycles. The van der Waals surface area contributed by atoms with Gasteiger partial charge in [0.05, 0.1) is 0 Å². The van der Waals surface area contributed by atoms with Crippen LogP contribution in [0, 0.1) is 5.82 Å². The van der Waals surface area contributed by atoms with Crippen molar-refractivity contribution in [1.82, 2.24) is 9.47 Å². The molecule has 3 aromatic carbocycles. The Hall–Kier alpha value is -3.68. The number of hydrogen-bond acceptors (Lipinski definition) is 4. The lowest BCUT2D eigenvalue weighted by Gasteiger charge is -2.34. The first kappa shape index (κ1) is 27.9. The second kappa shape index (κ2) is 12.7. The lowest BCUT2D eigenvalue weighted by atomic mass is 9.93. The van der Waals surface area contributed by atoms with Crippen LogP contribution in [-0.4, -0.2) is 53.3 Å². The Balaban J connectivity index is 1.21. The van der Waals surface area contributed by atoms with Gasteiger partial charge in [-0.05, 0) is 72.0 Å². The summed E-state index contributed by atoms with van der Waals surface area (Å²) in [6.45, 7) is 3.09. The minimum absolute atomic E-state index is 0.107. The summed E-state index contributed by atoms with van der Waals surface area (Å²) in [7, 11) is 1.74. The van der Waals surface area contributed by atoms with Crippen molar-refractivity contribution in [2.24, 2.45) is 5.73 Å². The molecule has 210 valence electrons. The fraction of sp³-hybridized carbons (Fsp3) is 0.364. The number of rotatable bonds is 10. The zero-order valence-corrected chi connectivity index (χ0v) is 23.1. The number of piperidine rings is 1. The number of phenols is 1. The molecule has 3 N–H and O–H groups in total. The van der Waals surface area contributed by atoms with Crippen molar-refractivity contribution in [3.05, 3.63) is 89.9 Å². The molecule has 6 nitrogen and oxygen atoms in total. The number of likely N-dealkylation sites (tertiary alicyclic amines) is 1. The molecule has 2 unspecified atom stereocenters. The second-order valence-electron chi connectivity index (χ2n) is 10.8. The summed E-state index contributed by atoms with van der Waals surface area (Å²) >= 11 is 0. The Morgan fingerprint density at radius 3 is 2.65 bits per heavy atom. The lowest BCUT2D eigenvalue weighted by molar-refractivity contribution is -0.132. The molecule has 0 spiro atoms. The highest BCUT2D eigenvalue weighted by Crippen LogP contribution is 2.32. The van der Waals surface area contributed by atoms with Crippen molar-refractivity contribution in [3.63, 3.8) is 0 Å². The average Bonchev–Trinajstić information content (AvgIpc) is 3.34. The summed E-state index contributed by atoms with van der Waals surface area (Å²) < 4.78 is 21.4. The van der Waals surface area contributed by atoms with E-state index in [0.717, 1.165) is 50.1 Å². The molecular weight excluding hydrogens is 505 g/mol. The maximum atomic E-state index is 13.7. The van der Waals surface area contributed by atoms with Crippen molar-refractivity contribution in [2.75, 3.05) is 26.8 Å². The van der Waals surface area contributed by atoms with Gasteiger partial charge in [0, 0.05) is 62.9 Å². The molecule has 0 bridgehead atoms. The fourth-order valence-electron chi connectivity index (χ4n) is 5.88. The van der Waals surface area contributed by atoms with E-state index >= 15 is 0 Å². The molecule has 1 amide bonds. The number of halogens is 1. The monoisotopic (exact) mass is 543 g/mol. The Labute approximate surface area is 235 Å². The summed E-state index contributed by atoms with van der Waals surface area (Å²) in [5, 5.41) is 10.7. The van der Waals surface area contributed by atoms with Gasteiger partial charge in [-0.2, -0.15) is 0 Å². The quantitative estimate of drug-likeness (QED) is 0.246. The van der Waals surface area contributed by atoms with Crippen LogP contribution in [-0.2, 0) is 22.5 Å². The van der Waals surface area contributed by atoms with Crippen molar-refractivity contribution < 1.29 is 19.0 Å². The molecular formula is C33H38FN3O3. The standard InChI is InChI=1S/C33H38FN3O3/c1-40-17-5-16-37-30-8-3-2-6-26(30)20-31(37)27-7-4-15-36(22-27)33(39)21-28(35)18-23-9-11-24(12-10-23)25-13-14-32(38)29(34)19-25/h2-3,6,8-14,19-20,27-28,38H,4-5,7,15-18,21-22,35H2,1H3. The zero-order valence-electron chi connectivity index (χ0n) is 23.1. The molecule has 1 aliphatic rings. The van der Waals surface area contributed by atoms with Crippen LogP contribution >= 0.6 is 0 Å². The fourth-order valence-corrected chi connectivity index (χ4v) is 5.88. The number of benzene rings is 3. The average molecular weight is 544 g/mol. The van der Waals surface area contributed by atoms with Crippen LogP contribution in [0.4, 0.5) is 4.39 Å². The Morgan fingerprint density at radius 2 is 1.88 bits per heavy atom. The van der Waals surface area contributed by atoms with Crippen molar-refractivity contribution in [3.8, 4) is 16.9 Å². The van der Waals surface area contributed by atoms with E-state index in [-0.39, 0.29) is 17.7 Å². The van der Waals surface area contributed by atoms with Crippen LogP contribution in [0.1, 0.15) is 42.9 Å². The molecule has 5 rings (SSSR count). The number of methoxy groups -OCH3 is 1. The molecule has 4 aromatic rings. The predicted molar refractivity (Wildman–Crippen MR) is 157 cm³/mol. The molecule has 0 saturated carbocycles. The number of nitrogens with zero attached hydrogens (tertiary/aromatic N) is 2. The highest BCUT2D eigenvalue weighted by Gasteiger charge is 2.28. The van der Waals surface area contributed by atoms with Gasteiger partial charge in [0.1, 0.15) is 0 Å². The van der Waals surface area contributed by atoms with Crippen LogP contribution in [0.5, 0.6) is 5.75 Å². The van der Waals surface area contributed by atoms with E-state index in [0.29, 0.717) is 30.9 Å². The summed E-state index contributed by atoms with van der Waals surface area (Å²) in [6, 6.07) is 22.6. The second-order valence-corrected chi connectivity index (χ2v) is 10.8. The van der Waals surface area contributed by atoms with Gasteiger partial charge in [0.25, 0.3) is 0 Å². The van der Waals surface area contributed by atoms with E-state index in [1.807, 2.05) is 29.2 Å². The van der Waals surface area contributed by atoms with E-state index < -0.39 is 5.82 Å². The number of aromatic nitrogens is 1. The van der Waals surface area contributed by atoms with E-state index in [2.05, 4.69) is 34.9 Å². The van der Waals surface area contributed by atoms with Crippen molar-refractivity contribution >= 4 is 16.8 Å². The summed E-state index contributed by atoms with van der Waals surface area (Å²) in [5.74, 6) is -0.605. The van der Waals surface area contributed by atoms with E-state index in [9.17, 15) is 14.3 Å². The Bertz CT molecular complexity index is 1450. The molecule has 7 heteroatoms. The zero-order chi connectivity index (χ0) is 28.1. The minimum atomic E-state index is -0.644. The maximum absolute atomic E-state index is 13.7. The van der Waals surface area contributed by atoms with Crippen molar-refractivity contribution in [2.45, 2.75) is 50.6 Å². The van der Waals surface area contributed by atoms with E-state index in [1.165, 1.54) is 28.7 Å². The van der Waals surface area contributed by atoms with Crippen LogP contribution < -0.4 is 5.73 Å². The van der Waals surface area contributed by atoms with Gasteiger partial charge in [0.2, 0.25) is 5.91 Å². The third-order valence-electron chi connectivity index (χ3n) is 7.93. The number of carbonyl (C=O) groups is 1. The van der Waals surface area contributed by atoms with Gasteiger partial charge < -0.3 is 25.0 Å². The number of fused-ring (bicyclic) bond motifs is 1. The van der Waals surface area contributed by atoms with E-state index in [1.54, 1.807) is 13.2 Å². The maximum Gasteiger partial charge on any atom is 0.224 e. The number of hydrogen-bond donors (Lipinski definition) is 2. The number of para-hydroxylation sites is 1. The first-order chi connectivity index (χ1) is 19.4. The number of phenolic OH excluding ortho intramolecular Hbond substituents is 1. The number of ether oxygens (including phenoxy) is 1. The normalized spacial score (nSPS) is 16.4. The summed E-state index contributed by atoms with van der Waals surface area (Å²) in [6.07, 6.45) is 3.87. The van der Waals surface area contributed by atoms with Crippen LogP contribution in [0.15, 0.2) is 72.8 Å². The van der Waals surface area contributed by atoms with Crippen LogP contribution in [0.25, 0.3) is 22.0 Å². The Morgan fingerprint density at radius 1 is 1.10 bits per heavy atom. The topological polar surface area (TPSA) is 80.7 Å². The number of carbonyl (C=O) groups excluding carboxylic acids is 1. The molecule has 1 fully saturated rings. The number of aromatic hydroxyl groups is 1. The predicted octanol–water partition coefficient (Wildman–Crippen LogP) is 5.86. The summed E-state index contributed by atoms with van der Waals surface area (Å²) in [5.41, 5.74) is 11.6. The Kier molecular flexibility index (Phi) is 8.82. The van der Waals surface area contributed by atoms with Gasteiger partial charge in [-0.3, -0.25) is 4.79 Å². The minimum Gasteiger partial charge on any atom is -0.505 e. The van der Waals surface area contributed by atoms with Gasteiger partial charge in [-0.15, -0.1) is 0 Å². The third kappa shape index (κ3) is 6.37. The van der Waals surface area contributed by atoms with Gasteiger partial charge in [-0.25, -0.2) is 4.39 Å². The molecule has 40 heavy (non-hydrogen) atoms. The van der Waals surface area contributed by atoms with Crippen molar-refractivity contribution in [1.29, 1.82) is 0 Å². The van der Waals surface area contributed by atoms with Gasteiger partial charge in [-0.1, -0.05) is 48.5 Å². The largest absolute Gasteiger partial charge is 0.505 e. The third-order valence-corrected chi connectivity index (χ3v) is 7.93. The highest BCUT2D eigenvalue weighted by atomic mass is 19.1. The number of amides is 1. The molecule has 0 radical (unpaired) electrons. The molecule has 1 aliphatic heterocycles. The summed E-state index contributed by atoms with van der Waals surface area (Å²) in [4.78, 5) is 15.3. The number of nitrogens with two attached hydrogens (primary N) is 1. The molecule has 0 aliphatic carbocycles. The van der Waals surface area contributed by atoms with Crippen LogP contribution in [0.3, 0.4) is 0 Å². The first-order valence-electron chi connectivity index (χ1n) is 14.1. The van der Waals surface area contributed by atoms with Gasteiger partial charge >= 0.3 is 0 Å². The molecule has 1 saturated heterocycles. The van der Waals surface area contributed by atoms with Gasteiger partial charge in [0.15, 0.2) is 11.6 Å². The first-order valence-corrected chi connectivity index (χ1v) is 14.1. The SMILES string of the molecule is COCCCn1c(C2CCCN(C(=O)CC(N)Cc3ccc(-c4ccc(O)c(F)c4)cc3)C2)cc2ccccc21. The molecule has 1 aromatic heterocycles. The highest BCUT2D eigenvalue weighted by molar-refractivity contribution is 5.82. The van der Waals surface area contributed by atoms with Crippen LogP contribution in [0.2, 0.25) is 0 Å².